The molecular formula is C12H10Cl2FHf-3. The Hall–Kier alpha value is -0.0499. The zero-order valence-electron chi connectivity index (χ0n) is 8.68. The van der Waals surface area contributed by atoms with E-state index < -0.39 is 0 Å². The first-order valence-corrected chi connectivity index (χ1v) is 4.25. The van der Waals surface area contributed by atoms with Crippen molar-refractivity contribution in [2.45, 2.75) is 6.92 Å². The van der Waals surface area contributed by atoms with Crippen LogP contribution in [0, 0.1) is 12.7 Å². The minimum absolute atomic E-state index is 0. The molecular weight excluding hydrogens is 413 g/mol. The summed E-state index contributed by atoms with van der Waals surface area (Å²) in [5, 5.41) is 0. The van der Waals surface area contributed by atoms with E-state index in [1.54, 1.807) is 12.1 Å². The summed E-state index contributed by atoms with van der Waals surface area (Å²) in [4.78, 5) is 0. The molecule has 0 bridgehead atoms. The molecule has 0 atom stereocenters. The number of aryl methyl sites for hydroxylation is 1. The van der Waals surface area contributed by atoms with Gasteiger partial charge >= 0.3 is 0 Å². The fourth-order valence-electron chi connectivity index (χ4n) is 1.46. The molecule has 2 aromatic carbocycles. The van der Waals surface area contributed by atoms with E-state index in [-0.39, 0.29) is 56.5 Å². The number of hydrogen-bond donors (Lipinski definition) is 0. The van der Waals surface area contributed by atoms with Crippen molar-refractivity contribution in [1.82, 2.24) is 0 Å². The molecule has 86 valence electrons. The molecule has 4 heteroatoms. The van der Waals surface area contributed by atoms with Crippen LogP contribution in [-0.4, -0.2) is 0 Å². The van der Waals surface area contributed by atoms with Gasteiger partial charge in [0, 0.05) is 25.8 Å². The first kappa shape index (κ1) is 18.3. The average molecular weight is 423 g/mol. The standard InChI is InChI=1S/C12H10F.2ClH.Hf/c1-9-3-2-4-12(9)10-5-7-11(13)8-6-10;;;/h2-8H,1H3;2*1H;/q-1;;;/p-2. The Kier molecular flexibility index (Phi) is 9.28. The van der Waals surface area contributed by atoms with Gasteiger partial charge in [0.2, 0.25) is 0 Å². The second-order valence-corrected chi connectivity index (χ2v) is 3.13. The van der Waals surface area contributed by atoms with Crippen LogP contribution in [-0.2, 0) is 25.8 Å². The predicted octanol–water partition coefficient (Wildman–Crippen LogP) is -2.47. The Morgan fingerprint density at radius 1 is 1.00 bits per heavy atom. The third kappa shape index (κ3) is 4.08. The normalized spacial score (nSPS) is 8.38. The van der Waals surface area contributed by atoms with Gasteiger partial charge in [-0.25, -0.2) is 4.39 Å². The third-order valence-electron chi connectivity index (χ3n) is 2.19. The summed E-state index contributed by atoms with van der Waals surface area (Å²) in [6.45, 7) is 2.05. The van der Waals surface area contributed by atoms with E-state index in [0.29, 0.717) is 0 Å². The van der Waals surface area contributed by atoms with Crippen molar-refractivity contribution in [1.29, 1.82) is 0 Å². The molecule has 0 radical (unpaired) electrons. The molecule has 0 saturated carbocycles. The minimum atomic E-state index is -0.187. The quantitative estimate of drug-likeness (QED) is 0.353. The van der Waals surface area contributed by atoms with Gasteiger partial charge < -0.3 is 24.8 Å². The summed E-state index contributed by atoms with van der Waals surface area (Å²) in [6.07, 6.45) is 0. The van der Waals surface area contributed by atoms with Crippen molar-refractivity contribution >= 4 is 0 Å². The SMILES string of the molecule is Cc1ccc[c-]1-c1ccc(F)cc1.[Cl-].[Cl-].[Hf]. The number of halogens is 3. The monoisotopic (exact) mass is 423 g/mol. The first-order valence-electron chi connectivity index (χ1n) is 4.25. The smallest absolute Gasteiger partial charge is 0.108 e. The summed E-state index contributed by atoms with van der Waals surface area (Å²) in [5.41, 5.74) is 3.48. The topological polar surface area (TPSA) is 0 Å². The first-order chi connectivity index (χ1) is 6.27. The molecule has 0 fully saturated rings. The summed E-state index contributed by atoms with van der Waals surface area (Å²) in [6, 6.07) is 12.7. The van der Waals surface area contributed by atoms with Crippen molar-refractivity contribution in [2.75, 3.05) is 0 Å². The Balaban J connectivity index is 0. The van der Waals surface area contributed by atoms with E-state index in [4.69, 9.17) is 0 Å². The van der Waals surface area contributed by atoms with Gasteiger partial charge in [0.1, 0.15) is 5.82 Å². The van der Waals surface area contributed by atoms with E-state index in [2.05, 4.69) is 13.0 Å². The van der Waals surface area contributed by atoms with Crippen LogP contribution < -0.4 is 24.8 Å². The predicted molar refractivity (Wildman–Crippen MR) is 52.2 cm³/mol. The third-order valence-corrected chi connectivity index (χ3v) is 2.19. The Morgan fingerprint density at radius 2 is 1.56 bits per heavy atom. The largest absolute Gasteiger partial charge is 1.00 e. The molecule has 2 aromatic rings. The Bertz CT molecular complexity index is 409. The fourth-order valence-corrected chi connectivity index (χ4v) is 1.46. The molecule has 0 heterocycles. The second kappa shape index (κ2) is 8.10. The van der Waals surface area contributed by atoms with Crippen molar-refractivity contribution < 1.29 is 55.0 Å². The molecule has 16 heavy (non-hydrogen) atoms. The molecule has 0 aromatic heterocycles. The van der Waals surface area contributed by atoms with Gasteiger partial charge in [-0.1, -0.05) is 24.6 Å². The maximum atomic E-state index is 12.6. The minimum Gasteiger partial charge on any atom is -1.00 e. The molecule has 0 saturated heterocycles. The molecule has 0 amide bonds. The molecule has 0 aliphatic rings. The van der Waals surface area contributed by atoms with E-state index in [0.717, 1.165) is 5.56 Å². The maximum absolute atomic E-state index is 12.6. The molecule has 2 rings (SSSR count). The van der Waals surface area contributed by atoms with Crippen LogP contribution >= 0.6 is 0 Å². The van der Waals surface area contributed by atoms with Crippen molar-refractivity contribution in [2.24, 2.45) is 0 Å². The summed E-state index contributed by atoms with van der Waals surface area (Å²) in [7, 11) is 0. The second-order valence-electron chi connectivity index (χ2n) is 3.13. The van der Waals surface area contributed by atoms with Crippen molar-refractivity contribution in [3.8, 4) is 11.1 Å². The average Bonchev–Trinajstić information content (AvgIpc) is 2.53. The van der Waals surface area contributed by atoms with E-state index >= 15 is 0 Å². The summed E-state index contributed by atoms with van der Waals surface area (Å²) < 4.78 is 12.6. The molecule has 0 aliphatic carbocycles. The number of benzene rings is 1. The van der Waals surface area contributed by atoms with Gasteiger partial charge in [-0.15, -0.1) is 35.4 Å². The molecule has 0 nitrogen and oxygen atoms in total. The summed E-state index contributed by atoms with van der Waals surface area (Å²) in [5.74, 6) is -0.187. The van der Waals surface area contributed by atoms with E-state index in [9.17, 15) is 4.39 Å². The molecule has 0 unspecified atom stereocenters. The zero-order chi connectivity index (χ0) is 9.26. The van der Waals surface area contributed by atoms with Gasteiger partial charge in [0.15, 0.2) is 0 Å². The van der Waals surface area contributed by atoms with Crippen LogP contribution in [0.3, 0.4) is 0 Å². The van der Waals surface area contributed by atoms with Crippen molar-refractivity contribution in [3.05, 3.63) is 53.8 Å². The van der Waals surface area contributed by atoms with Gasteiger partial charge in [0.25, 0.3) is 0 Å². The van der Waals surface area contributed by atoms with E-state index in [1.165, 1.54) is 23.3 Å². The zero-order valence-corrected chi connectivity index (χ0v) is 13.8. The number of hydrogen-bond acceptors (Lipinski definition) is 0. The van der Waals surface area contributed by atoms with Crippen LogP contribution in [0.4, 0.5) is 4.39 Å². The van der Waals surface area contributed by atoms with Crippen LogP contribution in [0.1, 0.15) is 5.56 Å². The number of rotatable bonds is 1. The van der Waals surface area contributed by atoms with Gasteiger partial charge in [-0.05, 0) is 0 Å². The Labute approximate surface area is 126 Å². The molecule has 0 spiro atoms. The van der Waals surface area contributed by atoms with Crippen LogP contribution in [0.2, 0.25) is 0 Å². The fraction of sp³-hybridized carbons (Fsp3) is 0.0833. The van der Waals surface area contributed by atoms with Crippen LogP contribution in [0.5, 0.6) is 0 Å². The van der Waals surface area contributed by atoms with Gasteiger partial charge in [-0.3, -0.25) is 0 Å². The summed E-state index contributed by atoms with van der Waals surface area (Å²) >= 11 is 0. The Morgan fingerprint density at radius 3 is 2.00 bits per heavy atom. The van der Waals surface area contributed by atoms with Crippen LogP contribution in [0.25, 0.3) is 11.1 Å². The van der Waals surface area contributed by atoms with Crippen LogP contribution in [0.15, 0.2) is 42.5 Å². The van der Waals surface area contributed by atoms with Gasteiger partial charge in [-0.2, -0.15) is 6.07 Å². The maximum Gasteiger partial charge on any atom is 0.108 e. The van der Waals surface area contributed by atoms with Crippen molar-refractivity contribution in [3.63, 3.8) is 0 Å². The molecule has 0 aliphatic heterocycles. The molecule has 0 N–H and O–H groups in total. The van der Waals surface area contributed by atoms with E-state index in [1.807, 2.05) is 12.1 Å². The van der Waals surface area contributed by atoms with Gasteiger partial charge in [0.05, 0.1) is 0 Å².